The summed E-state index contributed by atoms with van der Waals surface area (Å²) >= 11 is 2.01. The van der Waals surface area contributed by atoms with Crippen molar-refractivity contribution in [3.8, 4) is 0 Å². The normalized spacial score (nSPS) is 23.5. The fourth-order valence-corrected chi connectivity index (χ4v) is 3.19. The molecular formula is C13H17NS. The van der Waals surface area contributed by atoms with Crippen LogP contribution in [-0.4, -0.2) is 19.3 Å². The van der Waals surface area contributed by atoms with Gasteiger partial charge in [-0.25, -0.2) is 0 Å². The average molecular weight is 219 g/mol. The summed E-state index contributed by atoms with van der Waals surface area (Å²) in [5.41, 5.74) is 3.04. The van der Waals surface area contributed by atoms with Gasteiger partial charge in [-0.1, -0.05) is 24.3 Å². The minimum absolute atomic E-state index is 0.483. The van der Waals surface area contributed by atoms with Gasteiger partial charge in [-0.05, 0) is 30.2 Å². The Labute approximate surface area is 95.6 Å². The maximum absolute atomic E-state index is 3.32. The lowest BCUT2D eigenvalue weighted by atomic mass is 9.92. The Hall–Kier alpha value is -0.470. The van der Waals surface area contributed by atoms with Crippen molar-refractivity contribution in [3.05, 3.63) is 35.4 Å². The van der Waals surface area contributed by atoms with E-state index in [0.29, 0.717) is 4.75 Å². The third-order valence-electron chi connectivity index (χ3n) is 3.78. The number of thioether (sulfide) groups is 1. The second-order valence-corrected chi connectivity index (χ2v) is 5.87. The second kappa shape index (κ2) is 3.53. The van der Waals surface area contributed by atoms with Crippen LogP contribution in [0.25, 0.3) is 0 Å². The topological polar surface area (TPSA) is 12.0 Å². The Morgan fingerprint density at radius 1 is 1.20 bits per heavy atom. The Kier molecular flexibility index (Phi) is 2.29. The van der Waals surface area contributed by atoms with Crippen molar-refractivity contribution < 1.29 is 0 Å². The van der Waals surface area contributed by atoms with Crippen molar-refractivity contribution in [2.75, 3.05) is 19.3 Å². The highest BCUT2D eigenvalue weighted by molar-refractivity contribution is 7.99. The van der Waals surface area contributed by atoms with Crippen LogP contribution in [0.15, 0.2) is 24.3 Å². The quantitative estimate of drug-likeness (QED) is 0.839. The van der Waals surface area contributed by atoms with E-state index in [4.69, 9.17) is 0 Å². The average Bonchev–Trinajstić information content (AvgIpc) is 2.97. The SMILES string of the molecule is CSC1(c2ccc(C3CNC3)cc2)CC1. The molecule has 1 aliphatic heterocycles. The Bertz CT molecular complexity index is 349. The van der Waals surface area contributed by atoms with Crippen LogP contribution in [0, 0.1) is 0 Å². The van der Waals surface area contributed by atoms with Crippen LogP contribution in [0.1, 0.15) is 29.9 Å². The molecule has 1 N–H and O–H groups in total. The zero-order chi connectivity index (χ0) is 10.3. The van der Waals surface area contributed by atoms with Crippen molar-refractivity contribution in [3.63, 3.8) is 0 Å². The minimum atomic E-state index is 0.483. The van der Waals surface area contributed by atoms with Crippen LogP contribution >= 0.6 is 11.8 Å². The van der Waals surface area contributed by atoms with E-state index >= 15 is 0 Å². The molecule has 0 unspecified atom stereocenters. The summed E-state index contributed by atoms with van der Waals surface area (Å²) in [6.07, 6.45) is 4.95. The summed E-state index contributed by atoms with van der Waals surface area (Å²) in [4.78, 5) is 0. The predicted octanol–water partition coefficient (Wildman–Crippen LogP) is 2.73. The zero-order valence-electron chi connectivity index (χ0n) is 9.12. The van der Waals surface area contributed by atoms with Crippen molar-refractivity contribution in [2.45, 2.75) is 23.5 Å². The number of benzene rings is 1. The van der Waals surface area contributed by atoms with Gasteiger partial charge in [0.1, 0.15) is 0 Å². The molecule has 2 heteroatoms. The lowest BCUT2D eigenvalue weighted by Crippen LogP contribution is -2.39. The third kappa shape index (κ3) is 1.60. The fraction of sp³-hybridized carbons (Fsp3) is 0.538. The van der Waals surface area contributed by atoms with E-state index in [1.165, 1.54) is 24.0 Å². The molecule has 1 heterocycles. The third-order valence-corrected chi connectivity index (χ3v) is 5.21. The standard InChI is InChI=1S/C13H17NS/c1-15-13(6-7-13)12-4-2-10(3-5-12)11-8-14-9-11/h2-5,11,14H,6-9H2,1H3. The van der Waals surface area contributed by atoms with Gasteiger partial charge in [-0.15, -0.1) is 0 Å². The summed E-state index contributed by atoms with van der Waals surface area (Å²) in [6.45, 7) is 2.32. The smallest absolute Gasteiger partial charge is 0.0406 e. The van der Waals surface area contributed by atoms with Crippen molar-refractivity contribution in [2.24, 2.45) is 0 Å². The molecule has 15 heavy (non-hydrogen) atoms. The summed E-state index contributed by atoms with van der Waals surface area (Å²) in [6, 6.07) is 9.35. The molecule has 2 aliphatic rings. The Balaban J connectivity index is 1.81. The molecule has 0 aromatic heterocycles. The van der Waals surface area contributed by atoms with Gasteiger partial charge in [0.05, 0.1) is 0 Å². The summed E-state index contributed by atoms with van der Waals surface area (Å²) < 4.78 is 0.483. The lowest BCUT2D eigenvalue weighted by molar-refractivity contribution is 0.448. The molecule has 0 atom stereocenters. The van der Waals surface area contributed by atoms with Crippen molar-refractivity contribution >= 4 is 11.8 Å². The molecule has 1 aromatic carbocycles. The monoisotopic (exact) mass is 219 g/mol. The van der Waals surface area contributed by atoms with Crippen LogP contribution in [0.2, 0.25) is 0 Å². The van der Waals surface area contributed by atoms with Gasteiger partial charge in [0.25, 0.3) is 0 Å². The van der Waals surface area contributed by atoms with Crippen LogP contribution in [0.3, 0.4) is 0 Å². The number of hydrogen-bond acceptors (Lipinski definition) is 2. The van der Waals surface area contributed by atoms with Gasteiger partial charge < -0.3 is 5.32 Å². The van der Waals surface area contributed by atoms with Crippen molar-refractivity contribution in [1.29, 1.82) is 0 Å². The molecular weight excluding hydrogens is 202 g/mol. The van der Waals surface area contributed by atoms with E-state index < -0.39 is 0 Å². The minimum Gasteiger partial charge on any atom is -0.315 e. The molecule has 3 rings (SSSR count). The maximum Gasteiger partial charge on any atom is 0.0406 e. The van der Waals surface area contributed by atoms with Crippen molar-refractivity contribution in [1.82, 2.24) is 5.32 Å². The van der Waals surface area contributed by atoms with Crippen LogP contribution in [0.4, 0.5) is 0 Å². The first kappa shape index (κ1) is 9.73. The highest BCUT2D eigenvalue weighted by atomic mass is 32.2. The molecule has 1 aromatic rings. The summed E-state index contributed by atoms with van der Waals surface area (Å²) in [7, 11) is 0. The molecule has 0 bridgehead atoms. The van der Waals surface area contributed by atoms with E-state index in [-0.39, 0.29) is 0 Å². The summed E-state index contributed by atoms with van der Waals surface area (Å²) in [5.74, 6) is 0.767. The fourth-order valence-electron chi connectivity index (χ4n) is 2.31. The number of hydrogen-bond donors (Lipinski definition) is 1. The van der Waals surface area contributed by atoms with Crippen LogP contribution < -0.4 is 5.32 Å². The van der Waals surface area contributed by atoms with Gasteiger partial charge in [-0.3, -0.25) is 0 Å². The Morgan fingerprint density at radius 2 is 1.87 bits per heavy atom. The van der Waals surface area contributed by atoms with Gasteiger partial charge in [0, 0.05) is 23.8 Å². The van der Waals surface area contributed by atoms with Gasteiger partial charge in [-0.2, -0.15) is 11.8 Å². The maximum atomic E-state index is 3.32. The van der Waals surface area contributed by atoms with Crippen LogP contribution in [0.5, 0.6) is 0 Å². The molecule has 1 saturated carbocycles. The second-order valence-electron chi connectivity index (χ2n) is 4.68. The van der Waals surface area contributed by atoms with Gasteiger partial charge in [0.2, 0.25) is 0 Å². The highest BCUT2D eigenvalue weighted by Crippen LogP contribution is 2.55. The van der Waals surface area contributed by atoms with E-state index in [1.54, 1.807) is 0 Å². The molecule has 1 nitrogen and oxygen atoms in total. The first-order chi connectivity index (χ1) is 7.34. The molecule has 0 amide bonds. The van der Waals surface area contributed by atoms with E-state index in [0.717, 1.165) is 19.0 Å². The molecule has 2 fully saturated rings. The molecule has 80 valence electrons. The van der Waals surface area contributed by atoms with E-state index in [9.17, 15) is 0 Å². The van der Waals surface area contributed by atoms with E-state index in [1.807, 2.05) is 11.8 Å². The highest BCUT2D eigenvalue weighted by Gasteiger charge is 2.43. The van der Waals surface area contributed by atoms with E-state index in [2.05, 4.69) is 35.8 Å². The molecule has 1 aliphatic carbocycles. The Morgan fingerprint density at radius 3 is 2.27 bits per heavy atom. The number of rotatable bonds is 3. The molecule has 1 saturated heterocycles. The molecule has 0 radical (unpaired) electrons. The van der Waals surface area contributed by atoms with Crippen LogP contribution in [-0.2, 0) is 4.75 Å². The van der Waals surface area contributed by atoms with Gasteiger partial charge >= 0.3 is 0 Å². The number of nitrogens with one attached hydrogen (secondary N) is 1. The largest absolute Gasteiger partial charge is 0.315 e. The lowest BCUT2D eigenvalue weighted by Gasteiger charge is -2.27. The zero-order valence-corrected chi connectivity index (χ0v) is 9.94. The first-order valence-corrected chi connectivity index (χ1v) is 6.93. The molecule has 0 spiro atoms. The first-order valence-electron chi connectivity index (χ1n) is 5.70. The predicted molar refractivity (Wildman–Crippen MR) is 66.5 cm³/mol. The van der Waals surface area contributed by atoms with Gasteiger partial charge in [0.15, 0.2) is 0 Å². The summed E-state index contributed by atoms with van der Waals surface area (Å²) in [5, 5.41) is 3.32.